The average Bonchev–Trinajstić information content (AvgIpc) is 2.95. The monoisotopic (exact) mass is 644 g/mol. The Balaban J connectivity index is 4.62. The number of hydrogen-bond donors (Lipinski definition) is 2. The van der Waals surface area contributed by atoms with Gasteiger partial charge >= 0.3 is 0 Å². The van der Waals surface area contributed by atoms with E-state index in [0.29, 0.717) is 17.4 Å². The maximum atomic E-state index is 12.7. The molecule has 260 valence electrons. The number of aliphatic hydroxyl groups excluding tert-OH is 1. The van der Waals surface area contributed by atoms with Gasteiger partial charge in [0.05, 0.1) is 39.9 Å². The van der Waals surface area contributed by atoms with Gasteiger partial charge in [0, 0.05) is 6.42 Å². The second kappa shape index (κ2) is 28.2. The molecule has 1 amide bonds. The smallest absolute Gasteiger partial charge is 0.268 e. The van der Waals surface area contributed by atoms with Gasteiger partial charge in [0.15, 0.2) is 0 Å². The van der Waals surface area contributed by atoms with E-state index in [1.165, 1.54) is 57.8 Å². The van der Waals surface area contributed by atoms with E-state index in [1.807, 2.05) is 27.2 Å². The van der Waals surface area contributed by atoms with Crippen molar-refractivity contribution >= 4 is 13.7 Å². The normalized spacial score (nSPS) is 15.2. The summed E-state index contributed by atoms with van der Waals surface area (Å²) >= 11 is 0. The van der Waals surface area contributed by atoms with Crippen LogP contribution in [0.3, 0.4) is 0 Å². The lowest BCUT2D eigenvalue weighted by atomic mass is 10.1. The Kier molecular flexibility index (Phi) is 27.6. The number of amides is 1. The number of quaternary nitrogens is 1. The third-order valence-electron chi connectivity index (χ3n) is 7.64. The van der Waals surface area contributed by atoms with Gasteiger partial charge in [-0.1, -0.05) is 122 Å². The first kappa shape index (κ1) is 43.0. The molecule has 9 heteroatoms. The number of phosphoric acid groups is 1. The lowest BCUT2D eigenvalue weighted by Crippen LogP contribution is -2.45. The van der Waals surface area contributed by atoms with Crippen LogP contribution in [0, 0.1) is 0 Å². The highest BCUT2D eigenvalue weighted by molar-refractivity contribution is 7.45. The number of carbonyl (C=O) groups excluding carboxylic acids is 1. The second-order valence-corrected chi connectivity index (χ2v) is 14.6. The molecule has 0 fully saturated rings. The molecule has 0 bridgehead atoms. The summed E-state index contributed by atoms with van der Waals surface area (Å²) < 4.78 is 23.0. The van der Waals surface area contributed by atoms with E-state index in [9.17, 15) is 19.4 Å². The number of nitrogens with zero attached hydrogens (tertiary/aromatic N) is 1. The fraction of sp³-hybridized carbons (Fsp3) is 0.857. The van der Waals surface area contributed by atoms with Crippen molar-refractivity contribution in [3.63, 3.8) is 0 Å². The highest BCUT2D eigenvalue weighted by atomic mass is 31.2. The topological polar surface area (TPSA) is 108 Å². The molecule has 0 aliphatic carbocycles. The third-order valence-corrected chi connectivity index (χ3v) is 8.60. The van der Waals surface area contributed by atoms with Crippen LogP contribution in [0.5, 0.6) is 0 Å². The minimum absolute atomic E-state index is 0.00234. The van der Waals surface area contributed by atoms with Crippen LogP contribution in [-0.4, -0.2) is 68.5 Å². The van der Waals surface area contributed by atoms with Crippen molar-refractivity contribution in [1.82, 2.24) is 5.32 Å². The van der Waals surface area contributed by atoms with E-state index in [1.54, 1.807) is 6.08 Å². The number of hydrogen-bond acceptors (Lipinski definition) is 6. The number of rotatable bonds is 31. The molecule has 44 heavy (non-hydrogen) atoms. The fourth-order valence-electron chi connectivity index (χ4n) is 4.74. The highest BCUT2D eigenvalue weighted by Crippen LogP contribution is 2.38. The van der Waals surface area contributed by atoms with Gasteiger partial charge in [0.1, 0.15) is 13.2 Å². The molecule has 0 spiro atoms. The summed E-state index contributed by atoms with van der Waals surface area (Å²) in [7, 11) is 1.25. The van der Waals surface area contributed by atoms with Gasteiger partial charge in [-0.15, -0.1) is 0 Å². The number of carbonyl (C=O) groups is 1. The van der Waals surface area contributed by atoms with Gasteiger partial charge in [0.25, 0.3) is 7.82 Å². The number of allylic oxidation sites excluding steroid dienone is 3. The molecule has 0 aromatic carbocycles. The van der Waals surface area contributed by atoms with Crippen LogP contribution in [0.4, 0.5) is 0 Å². The van der Waals surface area contributed by atoms with Crippen molar-refractivity contribution in [2.75, 3.05) is 40.9 Å². The SMILES string of the molecule is CCC/C=C\CCCCCCCC(=O)NC(COP(=O)([O-])OCC[N+](C)(C)C)C(O)/C=C/CCCCCCCCCCCC. The Morgan fingerprint density at radius 3 is 1.86 bits per heavy atom. The maximum Gasteiger partial charge on any atom is 0.268 e. The average molecular weight is 645 g/mol. The van der Waals surface area contributed by atoms with Crippen LogP contribution in [0.15, 0.2) is 24.3 Å². The largest absolute Gasteiger partial charge is 0.756 e. The number of unbranched alkanes of at least 4 members (excludes halogenated alkanes) is 16. The van der Waals surface area contributed by atoms with Crippen LogP contribution in [-0.2, 0) is 18.4 Å². The summed E-state index contributed by atoms with van der Waals surface area (Å²) in [6.07, 6.45) is 29.3. The zero-order valence-electron chi connectivity index (χ0n) is 29.1. The summed E-state index contributed by atoms with van der Waals surface area (Å²) in [6, 6.07) is -0.884. The molecule has 3 unspecified atom stereocenters. The quantitative estimate of drug-likeness (QED) is 0.0343. The van der Waals surface area contributed by atoms with Gasteiger partial charge < -0.3 is 28.8 Å². The minimum Gasteiger partial charge on any atom is -0.756 e. The Bertz CT molecular complexity index is 784. The van der Waals surface area contributed by atoms with E-state index in [0.717, 1.165) is 64.2 Å². The summed E-state index contributed by atoms with van der Waals surface area (Å²) in [5.41, 5.74) is 0. The molecule has 0 heterocycles. The standard InChI is InChI=1S/C35H69N2O6P/c1-6-8-10-12-14-16-18-19-20-22-24-26-28-34(38)33(32-43-44(40,41)42-31-30-37(3,4)5)36-35(39)29-27-25-23-21-17-15-13-11-9-7-2/h11,13,26,28,33-34,38H,6-10,12,14-25,27,29-32H2,1-5H3,(H-,36,39,40,41)/b13-11-,28-26+. The first-order chi connectivity index (χ1) is 21.0. The molecule has 0 rings (SSSR count). The molecule has 3 atom stereocenters. The van der Waals surface area contributed by atoms with Crippen molar-refractivity contribution in [2.45, 2.75) is 154 Å². The number of phosphoric ester groups is 1. The predicted octanol–water partition coefficient (Wildman–Crippen LogP) is 7.99. The van der Waals surface area contributed by atoms with E-state index in [4.69, 9.17) is 9.05 Å². The Morgan fingerprint density at radius 1 is 0.773 bits per heavy atom. The van der Waals surface area contributed by atoms with Crippen LogP contribution >= 0.6 is 7.82 Å². The van der Waals surface area contributed by atoms with Gasteiger partial charge in [-0.25, -0.2) is 0 Å². The number of nitrogens with one attached hydrogen (secondary N) is 1. The zero-order valence-corrected chi connectivity index (χ0v) is 30.0. The summed E-state index contributed by atoms with van der Waals surface area (Å²) in [5.74, 6) is -0.213. The Labute approximate surface area is 271 Å². The lowest BCUT2D eigenvalue weighted by Gasteiger charge is -2.29. The molecule has 0 aliphatic rings. The molecular formula is C35H69N2O6P. The van der Waals surface area contributed by atoms with Gasteiger partial charge in [-0.2, -0.15) is 0 Å². The van der Waals surface area contributed by atoms with Crippen LogP contribution in [0.1, 0.15) is 142 Å². The van der Waals surface area contributed by atoms with Crippen molar-refractivity contribution < 1.29 is 32.9 Å². The van der Waals surface area contributed by atoms with Crippen LogP contribution in [0.2, 0.25) is 0 Å². The molecule has 0 aromatic heterocycles. The summed E-state index contributed by atoms with van der Waals surface area (Å²) in [6.45, 7) is 4.53. The van der Waals surface area contributed by atoms with Crippen molar-refractivity contribution in [3.05, 3.63) is 24.3 Å². The molecule has 8 nitrogen and oxygen atoms in total. The molecule has 2 N–H and O–H groups in total. The van der Waals surface area contributed by atoms with Crippen molar-refractivity contribution in [1.29, 1.82) is 0 Å². The molecule has 0 radical (unpaired) electrons. The number of likely N-dealkylation sites (N-methyl/N-ethyl adjacent to an activating group) is 1. The van der Waals surface area contributed by atoms with Gasteiger partial charge in [-0.05, 0) is 38.5 Å². The minimum atomic E-state index is -4.57. The first-order valence-electron chi connectivity index (χ1n) is 17.7. The Morgan fingerprint density at radius 2 is 1.30 bits per heavy atom. The van der Waals surface area contributed by atoms with E-state index >= 15 is 0 Å². The van der Waals surface area contributed by atoms with Crippen LogP contribution in [0.25, 0.3) is 0 Å². The predicted molar refractivity (Wildman–Crippen MR) is 182 cm³/mol. The third kappa shape index (κ3) is 29.7. The summed E-state index contributed by atoms with van der Waals surface area (Å²) in [4.78, 5) is 25.0. The fourth-order valence-corrected chi connectivity index (χ4v) is 5.46. The molecule has 0 saturated carbocycles. The zero-order chi connectivity index (χ0) is 32.9. The lowest BCUT2D eigenvalue weighted by molar-refractivity contribution is -0.870. The Hall–Kier alpha value is -1.02. The number of aliphatic hydroxyl groups is 1. The molecule has 0 saturated heterocycles. The van der Waals surface area contributed by atoms with E-state index < -0.39 is 20.0 Å². The van der Waals surface area contributed by atoms with E-state index in [2.05, 4.69) is 31.3 Å². The van der Waals surface area contributed by atoms with Crippen LogP contribution < -0.4 is 10.2 Å². The summed E-state index contributed by atoms with van der Waals surface area (Å²) in [5, 5.41) is 13.6. The van der Waals surface area contributed by atoms with Gasteiger partial charge in [-0.3, -0.25) is 9.36 Å². The molecular weight excluding hydrogens is 575 g/mol. The van der Waals surface area contributed by atoms with Gasteiger partial charge in [0.2, 0.25) is 5.91 Å². The second-order valence-electron chi connectivity index (χ2n) is 13.2. The molecule has 0 aliphatic heterocycles. The molecule has 0 aromatic rings. The maximum absolute atomic E-state index is 12.7. The first-order valence-corrected chi connectivity index (χ1v) is 19.2. The highest BCUT2D eigenvalue weighted by Gasteiger charge is 2.23. The van der Waals surface area contributed by atoms with Crippen molar-refractivity contribution in [3.8, 4) is 0 Å². The van der Waals surface area contributed by atoms with Crippen molar-refractivity contribution in [2.24, 2.45) is 0 Å². The van der Waals surface area contributed by atoms with E-state index in [-0.39, 0.29) is 19.1 Å².